The minimum Gasteiger partial charge on any atom is -0.496 e. The highest BCUT2D eigenvalue weighted by molar-refractivity contribution is 5.73. The molecule has 5 nitrogen and oxygen atoms in total. The standard InChI is InChI=1S/C20H31N3O2/c1-4-21-11-9-17(10-12-21)23-14-13-22(16(2)24)15-19(23)18-7-5-6-8-20(18)25-3/h5-8,17,19H,4,9-15H2,1-3H3/t19-/m1/s1. The van der Waals surface area contributed by atoms with Crippen LogP contribution in [0.5, 0.6) is 5.75 Å². The minimum absolute atomic E-state index is 0.167. The molecule has 138 valence electrons. The number of para-hydroxylation sites is 1. The lowest BCUT2D eigenvalue weighted by atomic mass is 9.95. The van der Waals surface area contributed by atoms with Gasteiger partial charge in [-0.05, 0) is 38.5 Å². The number of amides is 1. The summed E-state index contributed by atoms with van der Waals surface area (Å²) in [6.45, 7) is 9.93. The average molecular weight is 345 g/mol. The van der Waals surface area contributed by atoms with Gasteiger partial charge in [0.1, 0.15) is 5.75 Å². The van der Waals surface area contributed by atoms with Crippen molar-refractivity contribution in [3.05, 3.63) is 29.8 Å². The van der Waals surface area contributed by atoms with E-state index < -0.39 is 0 Å². The van der Waals surface area contributed by atoms with E-state index in [4.69, 9.17) is 4.74 Å². The summed E-state index contributed by atoms with van der Waals surface area (Å²) in [5.74, 6) is 1.09. The molecule has 1 atom stereocenters. The first-order valence-corrected chi connectivity index (χ1v) is 9.50. The van der Waals surface area contributed by atoms with Crippen LogP contribution in [-0.2, 0) is 4.79 Å². The highest BCUT2D eigenvalue weighted by Gasteiger charge is 2.36. The zero-order chi connectivity index (χ0) is 17.8. The van der Waals surface area contributed by atoms with Crippen LogP contribution in [0.25, 0.3) is 0 Å². The lowest BCUT2D eigenvalue weighted by Crippen LogP contribution is -2.55. The van der Waals surface area contributed by atoms with Gasteiger partial charge < -0.3 is 14.5 Å². The number of piperazine rings is 1. The summed E-state index contributed by atoms with van der Waals surface area (Å²) in [4.78, 5) is 19.1. The number of hydrogen-bond acceptors (Lipinski definition) is 4. The van der Waals surface area contributed by atoms with E-state index >= 15 is 0 Å². The third kappa shape index (κ3) is 3.98. The van der Waals surface area contributed by atoms with Crippen molar-refractivity contribution in [3.8, 4) is 5.75 Å². The molecule has 25 heavy (non-hydrogen) atoms. The number of nitrogens with zero attached hydrogens (tertiary/aromatic N) is 3. The Morgan fingerprint density at radius 2 is 1.88 bits per heavy atom. The van der Waals surface area contributed by atoms with Gasteiger partial charge in [0.25, 0.3) is 0 Å². The first-order chi connectivity index (χ1) is 12.1. The molecule has 2 fully saturated rings. The number of benzene rings is 1. The molecule has 2 saturated heterocycles. The molecule has 1 aromatic carbocycles. The second kappa shape index (κ2) is 8.19. The molecule has 2 aliphatic heterocycles. The SMILES string of the molecule is CCN1CCC(N2CCN(C(C)=O)C[C@@H]2c2ccccc2OC)CC1. The van der Waals surface area contributed by atoms with E-state index in [1.165, 1.54) is 31.5 Å². The molecule has 0 aromatic heterocycles. The van der Waals surface area contributed by atoms with E-state index in [-0.39, 0.29) is 11.9 Å². The minimum atomic E-state index is 0.167. The van der Waals surface area contributed by atoms with Crippen molar-refractivity contribution in [1.29, 1.82) is 0 Å². The fraction of sp³-hybridized carbons (Fsp3) is 0.650. The fourth-order valence-corrected chi connectivity index (χ4v) is 4.31. The molecule has 0 saturated carbocycles. The Morgan fingerprint density at radius 1 is 1.16 bits per heavy atom. The molecule has 0 aliphatic carbocycles. The van der Waals surface area contributed by atoms with Crippen LogP contribution in [0.2, 0.25) is 0 Å². The normalized spacial score (nSPS) is 23.6. The molecule has 0 bridgehead atoms. The van der Waals surface area contributed by atoms with Crippen LogP contribution in [-0.4, -0.2) is 73.0 Å². The Bertz CT molecular complexity index is 584. The Kier molecular flexibility index (Phi) is 5.97. The van der Waals surface area contributed by atoms with Crippen LogP contribution in [0.15, 0.2) is 24.3 Å². The summed E-state index contributed by atoms with van der Waals surface area (Å²) in [5.41, 5.74) is 1.20. The van der Waals surface area contributed by atoms with Gasteiger partial charge >= 0.3 is 0 Å². The van der Waals surface area contributed by atoms with Crippen molar-refractivity contribution in [2.24, 2.45) is 0 Å². The zero-order valence-electron chi connectivity index (χ0n) is 15.8. The van der Waals surface area contributed by atoms with E-state index in [0.29, 0.717) is 6.04 Å². The number of hydrogen-bond donors (Lipinski definition) is 0. The summed E-state index contributed by atoms with van der Waals surface area (Å²) in [6.07, 6.45) is 2.42. The van der Waals surface area contributed by atoms with Gasteiger partial charge in [0.2, 0.25) is 5.91 Å². The van der Waals surface area contributed by atoms with E-state index in [9.17, 15) is 4.79 Å². The number of likely N-dealkylation sites (tertiary alicyclic amines) is 1. The first kappa shape index (κ1) is 18.2. The van der Waals surface area contributed by atoms with Gasteiger partial charge in [-0.1, -0.05) is 25.1 Å². The molecule has 2 aliphatic rings. The van der Waals surface area contributed by atoms with Crippen LogP contribution in [0.1, 0.15) is 38.3 Å². The molecule has 5 heteroatoms. The van der Waals surface area contributed by atoms with Crippen LogP contribution in [0, 0.1) is 0 Å². The van der Waals surface area contributed by atoms with Crippen molar-refractivity contribution >= 4 is 5.91 Å². The molecular formula is C20H31N3O2. The predicted molar refractivity (Wildman–Crippen MR) is 99.8 cm³/mol. The van der Waals surface area contributed by atoms with Gasteiger partial charge in [-0.2, -0.15) is 0 Å². The zero-order valence-corrected chi connectivity index (χ0v) is 15.8. The molecule has 1 amide bonds. The van der Waals surface area contributed by atoms with E-state index in [2.05, 4.69) is 28.9 Å². The number of rotatable bonds is 4. The van der Waals surface area contributed by atoms with Crippen LogP contribution < -0.4 is 4.74 Å². The Labute approximate surface area is 151 Å². The van der Waals surface area contributed by atoms with Crippen molar-refractivity contribution in [2.75, 3.05) is 46.4 Å². The average Bonchev–Trinajstić information content (AvgIpc) is 2.67. The molecule has 0 unspecified atom stereocenters. The first-order valence-electron chi connectivity index (χ1n) is 9.50. The number of carbonyl (C=O) groups excluding carboxylic acids is 1. The van der Waals surface area contributed by atoms with E-state index in [1.54, 1.807) is 14.0 Å². The number of carbonyl (C=O) groups is 1. The summed E-state index contributed by atoms with van der Waals surface area (Å²) in [6, 6.07) is 9.07. The van der Waals surface area contributed by atoms with Crippen LogP contribution in [0.4, 0.5) is 0 Å². The van der Waals surface area contributed by atoms with Crippen molar-refractivity contribution < 1.29 is 9.53 Å². The summed E-state index contributed by atoms with van der Waals surface area (Å²) in [7, 11) is 1.73. The van der Waals surface area contributed by atoms with Gasteiger partial charge in [0, 0.05) is 38.2 Å². The summed E-state index contributed by atoms with van der Waals surface area (Å²) >= 11 is 0. The fourth-order valence-electron chi connectivity index (χ4n) is 4.31. The Hall–Kier alpha value is -1.59. The monoisotopic (exact) mass is 345 g/mol. The van der Waals surface area contributed by atoms with E-state index in [1.807, 2.05) is 17.0 Å². The maximum absolute atomic E-state index is 12.0. The largest absolute Gasteiger partial charge is 0.496 e. The second-order valence-electron chi connectivity index (χ2n) is 7.13. The lowest BCUT2D eigenvalue weighted by Gasteiger charge is -2.47. The third-order valence-electron chi connectivity index (χ3n) is 5.84. The van der Waals surface area contributed by atoms with Crippen LogP contribution >= 0.6 is 0 Å². The topological polar surface area (TPSA) is 36.0 Å². The third-order valence-corrected chi connectivity index (χ3v) is 5.84. The predicted octanol–water partition coefficient (Wildman–Crippen LogP) is 2.38. The van der Waals surface area contributed by atoms with Gasteiger partial charge in [-0.3, -0.25) is 9.69 Å². The van der Waals surface area contributed by atoms with Crippen molar-refractivity contribution in [1.82, 2.24) is 14.7 Å². The summed E-state index contributed by atoms with van der Waals surface area (Å²) in [5, 5.41) is 0. The highest BCUT2D eigenvalue weighted by atomic mass is 16.5. The number of ether oxygens (including phenoxy) is 1. The van der Waals surface area contributed by atoms with E-state index in [0.717, 1.165) is 31.9 Å². The molecular weight excluding hydrogens is 314 g/mol. The quantitative estimate of drug-likeness (QED) is 0.839. The van der Waals surface area contributed by atoms with Crippen molar-refractivity contribution in [2.45, 2.75) is 38.8 Å². The molecule has 2 heterocycles. The molecule has 0 N–H and O–H groups in total. The van der Waals surface area contributed by atoms with Gasteiger partial charge in [0.05, 0.1) is 13.2 Å². The summed E-state index contributed by atoms with van der Waals surface area (Å²) < 4.78 is 5.63. The Morgan fingerprint density at radius 3 is 2.52 bits per heavy atom. The maximum atomic E-state index is 12.0. The maximum Gasteiger partial charge on any atom is 0.219 e. The van der Waals surface area contributed by atoms with Gasteiger partial charge in [-0.15, -0.1) is 0 Å². The van der Waals surface area contributed by atoms with Gasteiger partial charge in [0.15, 0.2) is 0 Å². The van der Waals surface area contributed by atoms with Gasteiger partial charge in [-0.25, -0.2) is 0 Å². The van der Waals surface area contributed by atoms with Crippen LogP contribution in [0.3, 0.4) is 0 Å². The molecule has 3 rings (SSSR count). The lowest BCUT2D eigenvalue weighted by molar-refractivity contribution is -0.132. The van der Waals surface area contributed by atoms with Crippen molar-refractivity contribution in [3.63, 3.8) is 0 Å². The number of methoxy groups -OCH3 is 1. The smallest absolute Gasteiger partial charge is 0.219 e. The highest BCUT2D eigenvalue weighted by Crippen LogP contribution is 2.35. The second-order valence-corrected chi connectivity index (χ2v) is 7.13. The molecule has 1 aromatic rings. The molecule has 0 spiro atoms. The number of piperidine rings is 1. The Balaban J connectivity index is 1.84. The molecule has 0 radical (unpaired) electrons.